The van der Waals surface area contributed by atoms with Gasteiger partial charge >= 0.3 is 0 Å². The normalized spacial score (nSPS) is 26.1. The number of hydrogen-bond donors (Lipinski definition) is 1. The minimum atomic E-state index is 0.0431. The molecule has 3 atom stereocenters. The van der Waals surface area contributed by atoms with Crippen LogP contribution in [-0.4, -0.2) is 30.3 Å². The van der Waals surface area contributed by atoms with Crippen molar-refractivity contribution >= 4 is 5.69 Å². The third-order valence-electron chi connectivity index (χ3n) is 3.38. The lowest BCUT2D eigenvalue weighted by molar-refractivity contribution is -0.00523. The number of pyridine rings is 1. The predicted octanol–water partition coefficient (Wildman–Crippen LogP) is 2.10. The maximum atomic E-state index is 5.97. The van der Waals surface area contributed by atoms with Crippen LogP contribution < -0.4 is 10.6 Å². The molecule has 0 saturated carbocycles. The maximum Gasteiger partial charge on any atom is 0.0726 e. The molecule has 0 bridgehead atoms. The van der Waals surface area contributed by atoms with Crippen molar-refractivity contribution in [3.8, 4) is 0 Å². The molecular formula is C14H23N3O. The van der Waals surface area contributed by atoms with Gasteiger partial charge in [0.05, 0.1) is 29.8 Å². The number of ether oxygens (including phenoxy) is 1. The van der Waals surface area contributed by atoms with E-state index in [4.69, 9.17) is 10.5 Å². The monoisotopic (exact) mass is 249 g/mol. The summed E-state index contributed by atoms with van der Waals surface area (Å²) in [4.78, 5) is 6.79. The fraction of sp³-hybridized carbons (Fsp3) is 0.643. The van der Waals surface area contributed by atoms with Gasteiger partial charge in [0.15, 0.2) is 0 Å². The zero-order valence-electron chi connectivity index (χ0n) is 11.5. The number of nitrogens with zero attached hydrogens (tertiary/aromatic N) is 2. The van der Waals surface area contributed by atoms with Gasteiger partial charge in [-0.3, -0.25) is 4.98 Å². The average molecular weight is 249 g/mol. The van der Waals surface area contributed by atoms with Crippen LogP contribution in [-0.2, 0) is 4.74 Å². The fourth-order valence-corrected chi connectivity index (χ4v) is 2.40. The van der Waals surface area contributed by atoms with Crippen molar-refractivity contribution < 1.29 is 4.74 Å². The summed E-state index contributed by atoms with van der Waals surface area (Å²) in [6.45, 7) is 8.14. The highest BCUT2D eigenvalue weighted by Gasteiger charge is 2.22. The summed E-state index contributed by atoms with van der Waals surface area (Å²) >= 11 is 0. The number of morpholine rings is 1. The molecule has 1 saturated heterocycles. The van der Waals surface area contributed by atoms with Crippen LogP contribution in [0.3, 0.4) is 0 Å². The number of anilines is 1. The van der Waals surface area contributed by atoms with Crippen molar-refractivity contribution in [1.82, 2.24) is 4.98 Å². The van der Waals surface area contributed by atoms with Crippen LogP contribution in [0.15, 0.2) is 18.3 Å². The van der Waals surface area contributed by atoms with Crippen molar-refractivity contribution in [2.45, 2.75) is 45.4 Å². The average Bonchev–Trinajstić information content (AvgIpc) is 2.37. The number of hydrogen-bond acceptors (Lipinski definition) is 4. The van der Waals surface area contributed by atoms with Crippen molar-refractivity contribution in [3.05, 3.63) is 24.0 Å². The van der Waals surface area contributed by atoms with Crippen LogP contribution in [0.25, 0.3) is 0 Å². The Kier molecular flexibility index (Phi) is 4.19. The highest BCUT2D eigenvalue weighted by molar-refractivity contribution is 5.45. The third-order valence-corrected chi connectivity index (χ3v) is 3.38. The van der Waals surface area contributed by atoms with E-state index in [0.29, 0.717) is 0 Å². The molecule has 0 amide bonds. The molecule has 1 fully saturated rings. The molecule has 2 heterocycles. The van der Waals surface area contributed by atoms with Crippen LogP contribution in [0.4, 0.5) is 5.69 Å². The Morgan fingerprint density at radius 3 is 2.56 bits per heavy atom. The molecule has 2 N–H and O–H groups in total. The van der Waals surface area contributed by atoms with Gasteiger partial charge in [-0.2, -0.15) is 0 Å². The van der Waals surface area contributed by atoms with Crippen LogP contribution in [0.2, 0.25) is 0 Å². The van der Waals surface area contributed by atoms with Crippen LogP contribution in [0, 0.1) is 0 Å². The third kappa shape index (κ3) is 3.00. The van der Waals surface area contributed by atoms with Crippen LogP contribution in [0.1, 0.15) is 38.9 Å². The summed E-state index contributed by atoms with van der Waals surface area (Å²) < 4.78 is 5.74. The van der Waals surface area contributed by atoms with Crippen LogP contribution in [0.5, 0.6) is 0 Å². The van der Waals surface area contributed by atoms with E-state index in [2.05, 4.69) is 36.7 Å². The van der Waals surface area contributed by atoms with Gasteiger partial charge in [0.2, 0.25) is 0 Å². The molecule has 18 heavy (non-hydrogen) atoms. The summed E-state index contributed by atoms with van der Waals surface area (Å²) in [7, 11) is 0. The molecule has 4 heteroatoms. The Hall–Kier alpha value is -1.13. The zero-order chi connectivity index (χ0) is 13.1. The highest BCUT2D eigenvalue weighted by Crippen LogP contribution is 2.21. The largest absolute Gasteiger partial charge is 0.372 e. The summed E-state index contributed by atoms with van der Waals surface area (Å²) in [5.74, 6) is 0. The second kappa shape index (κ2) is 5.67. The first-order chi connectivity index (χ1) is 8.60. The van der Waals surface area contributed by atoms with Gasteiger partial charge in [0.1, 0.15) is 0 Å². The summed E-state index contributed by atoms with van der Waals surface area (Å²) in [5, 5.41) is 0. The molecule has 100 valence electrons. The summed E-state index contributed by atoms with van der Waals surface area (Å²) in [6, 6.07) is 4.19. The van der Waals surface area contributed by atoms with E-state index in [1.165, 1.54) is 0 Å². The molecule has 0 aromatic carbocycles. The van der Waals surface area contributed by atoms with Crippen molar-refractivity contribution in [1.29, 1.82) is 0 Å². The highest BCUT2D eigenvalue weighted by atomic mass is 16.5. The van der Waals surface area contributed by atoms with Gasteiger partial charge in [0, 0.05) is 19.1 Å². The first-order valence-electron chi connectivity index (χ1n) is 6.72. The molecule has 0 radical (unpaired) electrons. The molecule has 2 rings (SSSR count). The Labute approximate surface area is 109 Å². The first-order valence-corrected chi connectivity index (χ1v) is 6.72. The fourth-order valence-electron chi connectivity index (χ4n) is 2.40. The van der Waals surface area contributed by atoms with Crippen molar-refractivity contribution in [2.75, 3.05) is 18.0 Å². The molecule has 1 aromatic heterocycles. The Balaban J connectivity index is 2.09. The van der Waals surface area contributed by atoms with Gasteiger partial charge in [-0.25, -0.2) is 0 Å². The van der Waals surface area contributed by atoms with Crippen molar-refractivity contribution in [2.24, 2.45) is 5.73 Å². The molecule has 1 aliphatic rings. The van der Waals surface area contributed by atoms with Gasteiger partial charge < -0.3 is 15.4 Å². The summed E-state index contributed by atoms with van der Waals surface area (Å²) in [6.07, 6.45) is 3.38. The lowest BCUT2D eigenvalue weighted by Crippen LogP contribution is -2.45. The maximum absolute atomic E-state index is 5.97. The molecular weight excluding hydrogens is 226 g/mol. The Bertz CT molecular complexity index is 369. The van der Waals surface area contributed by atoms with Gasteiger partial charge in [-0.05, 0) is 32.4 Å². The van der Waals surface area contributed by atoms with E-state index < -0.39 is 0 Å². The Morgan fingerprint density at radius 2 is 2.06 bits per heavy atom. The van der Waals surface area contributed by atoms with Crippen LogP contribution >= 0.6 is 0 Å². The van der Waals surface area contributed by atoms with Crippen molar-refractivity contribution in [3.63, 3.8) is 0 Å². The topological polar surface area (TPSA) is 51.4 Å². The van der Waals surface area contributed by atoms with E-state index in [0.717, 1.165) is 30.9 Å². The molecule has 4 nitrogen and oxygen atoms in total. The minimum absolute atomic E-state index is 0.0431. The predicted molar refractivity (Wildman–Crippen MR) is 73.7 cm³/mol. The van der Waals surface area contributed by atoms with E-state index >= 15 is 0 Å². The second-order valence-electron chi connectivity index (χ2n) is 5.12. The number of aromatic nitrogens is 1. The second-order valence-corrected chi connectivity index (χ2v) is 5.12. The standard InChI is InChI=1S/C14H23N3O/c1-4-13(15)14-6-5-12(7-16-14)17-8-10(2)18-11(3)9-17/h5-7,10-11,13H,4,8-9,15H2,1-3H3/t10-,11+,13-/m1/s1. The lowest BCUT2D eigenvalue weighted by atomic mass is 10.1. The minimum Gasteiger partial charge on any atom is -0.372 e. The molecule has 1 aromatic rings. The quantitative estimate of drug-likeness (QED) is 0.891. The first kappa shape index (κ1) is 13.3. The molecule has 1 aliphatic heterocycles. The number of nitrogens with two attached hydrogens (primary N) is 1. The smallest absolute Gasteiger partial charge is 0.0726 e. The van der Waals surface area contributed by atoms with E-state index in [1.807, 2.05) is 12.3 Å². The van der Waals surface area contributed by atoms with Gasteiger partial charge in [0.25, 0.3) is 0 Å². The zero-order valence-corrected chi connectivity index (χ0v) is 11.5. The Morgan fingerprint density at radius 1 is 1.39 bits per heavy atom. The summed E-state index contributed by atoms with van der Waals surface area (Å²) in [5.41, 5.74) is 8.10. The van der Waals surface area contributed by atoms with Gasteiger partial charge in [-0.1, -0.05) is 6.92 Å². The SMILES string of the molecule is CC[C@@H](N)c1ccc(N2C[C@@H](C)O[C@@H](C)C2)cn1. The lowest BCUT2D eigenvalue weighted by Gasteiger charge is -2.36. The molecule has 0 aliphatic carbocycles. The van der Waals surface area contributed by atoms with Gasteiger partial charge in [-0.15, -0.1) is 0 Å². The van der Waals surface area contributed by atoms with E-state index in [9.17, 15) is 0 Å². The van der Waals surface area contributed by atoms with E-state index in [-0.39, 0.29) is 18.2 Å². The molecule has 0 unspecified atom stereocenters. The number of rotatable bonds is 3. The van der Waals surface area contributed by atoms with E-state index in [1.54, 1.807) is 0 Å². The molecule has 0 spiro atoms.